The molecule has 0 bridgehead atoms. The summed E-state index contributed by atoms with van der Waals surface area (Å²) in [5.41, 5.74) is 1.71. The molecule has 1 aliphatic carbocycles. The van der Waals surface area contributed by atoms with Crippen molar-refractivity contribution in [1.29, 1.82) is 0 Å². The van der Waals surface area contributed by atoms with Crippen LogP contribution in [0.1, 0.15) is 48.0 Å². The Morgan fingerprint density at radius 3 is 2.32 bits per heavy atom. The van der Waals surface area contributed by atoms with Gasteiger partial charge in [-0.15, -0.1) is 24.0 Å². The van der Waals surface area contributed by atoms with Crippen LogP contribution in [0.4, 0.5) is 0 Å². The maximum Gasteiger partial charge on any atom is 0.253 e. The third kappa shape index (κ3) is 8.04. The summed E-state index contributed by atoms with van der Waals surface area (Å²) in [6.07, 6.45) is 5.05. The fourth-order valence-electron chi connectivity index (χ4n) is 3.09. The molecule has 1 saturated carbocycles. The lowest BCUT2D eigenvalue weighted by molar-refractivity contribution is -0.121. The number of hydrogen-bond acceptors (Lipinski definition) is 3. The Kier molecular flexibility index (Phi) is 10.9. The van der Waals surface area contributed by atoms with Gasteiger partial charge in [-0.05, 0) is 30.5 Å². The lowest BCUT2D eigenvalue weighted by atomic mass is 10.1. The first-order chi connectivity index (χ1) is 13.0. The Labute approximate surface area is 184 Å². The fourth-order valence-corrected chi connectivity index (χ4v) is 3.09. The highest BCUT2D eigenvalue weighted by Crippen LogP contribution is 2.17. The van der Waals surface area contributed by atoms with Crippen LogP contribution in [0.3, 0.4) is 0 Å². The number of carbonyl (C=O) groups is 2. The van der Waals surface area contributed by atoms with Gasteiger partial charge in [0, 0.05) is 52.3 Å². The van der Waals surface area contributed by atoms with Crippen LogP contribution in [-0.2, 0) is 11.3 Å². The average molecular weight is 501 g/mol. The molecule has 28 heavy (non-hydrogen) atoms. The zero-order valence-electron chi connectivity index (χ0n) is 17.0. The summed E-state index contributed by atoms with van der Waals surface area (Å²) < 4.78 is 0. The van der Waals surface area contributed by atoms with E-state index in [0.29, 0.717) is 37.1 Å². The molecule has 0 aliphatic heterocycles. The van der Waals surface area contributed by atoms with E-state index in [9.17, 15) is 9.59 Å². The van der Waals surface area contributed by atoms with Gasteiger partial charge in [-0.2, -0.15) is 0 Å². The monoisotopic (exact) mass is 501 g/mol. The summed E-state index contributed by atoms with van der Waals surface area (Å²) in [5.74, 6) is 0.728. The number of aliphatic imine (C=N–C) groups is 1. The number of guanidine groups is 1. The fraction of sp³-hybridized carbons (Fsp3) is 0.550. The minimum atomic E-state index is -0.0112. The van der Waals surface area contributed by atoms with E-state index in [1.54, 1.807) is 26.0 Å². The molecule has 1 aromatic rings. The quantitative estimate of drug-likeness (QED) is 0.304. The van der Waals surface area contributed by atoms with E-state index in [0.717, 1.165) is 18.4 Å². The van der Waals surface area contributed by atoms with Crippen molar-refractivity contribution < 1.29 is 9.59 Å². The van der Waals surface area contributed by atoms with Crippen molar-refractivity contribution in [3.8, 4) is 0 Å². The van der Waals surface area contributed by atoms with Crippen LogP contribution < -0.4 is 16.0 Å². The second-order valence-corrected chi connectivity index (χ2v) is 7.05. The number of carbonyl (C=O) groups excluding carboxylic acids is 2. The van der Waals surface area contributed by atoms with Gasteiger partial charge in [0.05, 0.1) is 0 Å². The summed E-state index contributed by atoms with van der Waals surface area (Å²) in [6.45, 7) is 1.12. The lowest BCUT2D eigenvalue weighted by Crippen LogP contribution is -2.40. The van der Waals surface area contributed by atoms with Crippen molar-refractivity contribution in [2.24, 2.45) is 4.99 Å². The minimum Gasteiger partial charge on any atom is -0.356 e. The molecule has 0 unspecified atom stereocenters. The van der Waals surface area contributed by atoms with Crippen LogP contribution in [0.25, 0.3) is 0 Å². The van der Waals surface area contributed by atoms with Crippen LogP contribution in [0, 0.1) is 0 Å². The molecule has 0 spiro atoms. The van der Waals surface area contributed by atoms with Crippen molar-refractivity contribution in [2.75, 3.05) is 27.7 Å². The molecule has 7 nitrogen and oxygen atoms in total. The van der Waals surface area contributed by atoms with Gasteiger partial charge in [0.1, 0.15) is 0 Å². The Balaban J connectivity index is 0.00000392. The molecule has 8 heteroatoms. The Bertz CT molecular complexity index is 655. The predicted molar refractivity (Wildman–Crippen MR) is 123 cm³/mol. The molecule has 2 amide bonds. The first-order valence-corrected chi connectivity index (χ1v) is 9.54. The van der Waals surface area contributed by atoms with Crippen LogP contribution in [0.5, 0.6) is 0 Å². The molecule has 2 rings (SSSR count). The zero-order valence-corrected chi connectivity index (χ0v) is 19.3. The van der Waals surface area contributed by atoms with E-state index in [1.807, 2.05) is 24.3 Å². The number of amides is 2. The van der Waals surface area contributed by atoms with Gasteiger partial charge in [-0.3, -0.25) is 14.6 Å². The van der Waals surface area contributed by atoms with Crippen molar-refractivity contribution in [1.82, 2.24) is 20.9 Å². The summed E-state index contributed by atoms with van der Waals surface area (Å²) in [4.78, 5) is 29.6. The highest BCUT2D eigenvalue weighted by Gasteiger charge is 2.16. The lowest BCUT2D eigenvalue weighted by Gasteiger charge is -2.14. The van der Waals surface area contributed by atoms with Crippen LogP contribution in [-0.4, -0.2) is 56.4 Å². The highest BCUT2D eigenvalue weighted by molar-refractivity contribution is 14.0. The SMILES string of the molecule is CN=C(NCCC(=O)NC1CCCC1)NCc1ccc(C(=O)N(C)C)cc1.I. The molecule has 3 N–H and O–H groups in total. The standard InChI is InChI=1S/C20H31N5O2.HI/c1-21-20(22-13-12-18(26)24-17-6-4-5-7-17)23-14-15-8-10-16(11-9-15)19(27)25(2)3;/h8-11,17H,4-7,12-14H2,1-3H3,(H,24,26)(H2,21,22,23);1H. The molecule has 0 aromatic heterocycles. The van der Waals surface area contributed by atoms with Crippen LogP contribution >= 0.6 is 24.0 Å². The van der Waals surface area contributed by atoms with E-state index in [4.69, 9.17) is 0 Å². The molecule has 0 heterocycles. The van der Waals surface area contributed by atoms with Crippen LogP contribution in [0.15, 0.2) is 29.3 Å². The van der Waals surface area contributed by atoms with Crippen molar-refractivity contribution in [2.45, 2.75) is 44.7 Å². The first kappa shape index (κ1) is 24.2. The summed E-state index contributed by atoms with van der Waals surface area (Å²) in [7, 11) is 5.18. The van der Waals surface area contributed by atoms with Gasteiger partial charge in [0.2, 0.25) is 5.91 Å². The zero-order chi connectivity index (χ0) is 19.6. The Hall–Kier alpha value is -1.84. The maximum absolute atomic E-state index is 11.9. The van der Waals surface area contributed by atoms with Gasteiger partial charge in [0.25, 0.3) is 5.91 Å². The smallest absolute Gasteiger partial charge is 0.253 e. The first-order valence-electron chi connectivity index (χ1n) is 9.54. The topological polar surface area (TPSA) is 85.8 Å². The number of halogens is 1. The summed E-state index contributed by atoms with van der Waals surface area (Å²) in [6, 6.07) is 7.85. The number of rotatable bonds is 7. The average Bonchev–Trinajstić information content (AvgIpc) is 3.17. The van der Waals surface area contributed by atoms with Gasteiger partial charge >= 0.3 is 0 Å². The minimum absolute atomic E-state index is 0. The summed E-state index contributed by atoms with van der Waals surface area (Å²) >= 11 is 0. The maximum atomic E-state index is 11.9. The van der Waals surface area contributed by atoms with Crippen LogP contribution in [0.2, 0.25) is 0 Å². The molecule has 1 fully saturated rings. The molecule has 0 atom stereocenters. The molecule has 1 aromatic carbocycles. The molecule has 0 radical (unpaired) electrons. The molecule has 156 valence electrons. The normalized spacial score (nSPS) is 14.2. The van der Waals surface area contributed by atoms with E-state index >= 15 is 0 Å². The van der Waals surface area contributed by atoms with E-state index in [2.05, 4.69) is 20.9 Å². The van der Waals surface area contributed by atoms with E-state index in [1.165, 1.54) is 12.8 Å². The highest BCUT2D eigenvalue weighted by atomic mass is 127. The van der Waals surface area contributed by atoms with Gasteiger partial charge in [-0.1, -0.05) is 25.0 Å². The van der Waals surface area contributed by atoms with Gasteiger partial charge in [0.15, 0.2) is 5.96 Å². The number of benzene rings is 1. The number of nitrogens with zero attached hydrogens (tertiary/aromatic N) is 2. The molecular weight excluding hydrogens is 469 g/mol. The van der Waals surface area contributed by atoms with Gasteiger partial charge < -0.3 is 20.9 Å². The van der Waals surface area contributed by atoms with Gasteiger partial charge in [-0.25, -0.2) is 0 Å². The summed E-state index contributed by atoms with van der Waals surface area (Å²) in [5, 5.41) is 9.45. The largest absolute Gasteiger partial charge is 0.356 e. The third-order valence-corrected chi connectivity index (χ3v) is 4.66. The second kappa shape index (κ2) is 12.6. The Morgan fingerprint density at radius 1 is 1.11 bits per heavy atom. The Morgan fingerprint density at radius 2 is 1.75 bits per heavy atom. The number of hydrogen-bond donors (Lipinski definition) is 3. The second-order valence-electron chi connectivity index (χ2n) is 7.05. The van der Waals surface area contributed by atoms with Crippen molar-refractivity contribution in [3.05, 3.63) is 35.4 Å². The van der Waals surface area contributed by atoms with E-state index < -0.39 is 0 Å². The molecular formula is C20H32IN5O2. The molecule has 1 aliphatic rings. The third-order valence-electron chi connectivity index (χ3n) is 4.66. The predicted octanol–water partition coefficient (Wildman–Crippen LogP) is 2.12. The number of nitrogens with one attached hydrogen (secondary N) is 3. The van der Waals surface area contributed by atoms with Crippen molar-refractivity contribution in [3.63, 3.8) is 0 Å². The van der Waals surface area contributed by atoms with Crippen molar-refractivity contribution >= 4 is 41.8 Å². The molecule has 0 saturated heterocycles. The van der Waals surface area contributed by atoms with E-state index in [-0.39, 0.29) is 35.8 Å².